The van der Waals surface area contributed by atoms with Crippen molar-refractivity contribution in [1.29, 1.82) is 0 Å². The molecule has 0 aliphatic carbocycles. The largest absolute Gasteiger partial charge is 0.0988 e. The Hall–Kier alpha value is -0.520. The molecule has 0 atom stereocenters. The summed E-state index contributed by atoms with van der Waals surface area (Å²) in [7, 11) is 0. The summed E-state index contributed by atoms with van der Waals surface area (Å²) in [5.41, 5.74) is 3.04. The smallest absolute Gasteiger partial charge is 0.0308 e. The molecule has 0 nitrogen and oxygen atoms in total. The Morgan fingerprint density at radius 2 is 1.82 bits per heavy atom. The lowest BCUT2D eigenvalue weighted by Crippen LogP contribution is -1.87. The maximum atomic E-state index is 3.83. The highest BCUT2D eigenvalue weighted by Gasteiger charge is 1.97. The summed E-state index contributed by atoms with van der Waals surface area (Å²) in [4.78, 5) is 0. The topological polar surface area (TPSA) is 0 Å². The van der Waals surface area contributed by atoms with Crippen molar-refractivity contribution in [2.24, 2.45) is 0 Å². The van der Waals surface area contributed by atoms with Crippen molar-refractivity contribution in [2.75, 3.05) is 0 Å². The fourth-order valence-electron chi connectivity index (χ4n) is 1.40. The summed E-state index contributed by atoms with van der Waals surface area (Å²) < 4.78 is 0. The molecule has 0 fully saturated rings. The van der Waals surface area contributed by atoms with Gasteiger partial charge in [0.2, 0.25) is 0 Å². The van der Waals surface area contributed by atoms with Gasteiger partial charge in [-0.25, -0.2) is 0 Å². The van der Waals surface area contributed by atoms with E-state index in [4.69, 9.17) is 0 Å². The minimum absolute atomic E-state index is 1.13. The van der Waals surface area contributed by atoms with Gasteiger partial charge in [-0.05, 0) is 24.8 Å². The molecule has 11 heavy (non-hydrogen) atoms. The lowest BCUT2D eigenvalue weighted by atomic mass is 9.99. The minimum atomic E-state index is 1.13. The van der Waals surface area contributed by atoms with E-state index in [2.05, 4.69) is 27.4 Å². The number of hydrogen-bond donors (Lipinski definition) is 0. The Morgan fingerprint density at radius 3 is 2.09 bits per heavy atom. The van der Waals surface area contributed by atoms with E-state index in [1.165, 1.54) is 24.8 Å². The Balaban J connectivity index is 4.33. The SMILES string of the molecule is C=CC(CC)=C(CC)CCC. The van der Waals surface area contributed by atoms with Crippen LogP contribution in [0.25, 0.3) is 0 Å². The summed E-state index contributed by atoms with van der Waals surface area (Å²) in [6.07, 6.45) is 6.82. The molecule has 64 valence electrons. The van der Waals surface area contributed by atoms with Crippen LogP contribution in [0.2, 0.25) is 0 Å². The Labute approximate surface area is 71.0 Å². The van der Waals surface area contributed by atoms with E-state index in [-0.39, 0.29) is 0 Å². The van der Waals surface area contributed by atoms with E-state index in [1.54, 1.807) is 5.57 Å². The second-order valence-corrected chi connectivity index (χ2v) is 2.79. The summed E-state index contributed by atoms with van der Waals surface area (Å²) in [5.74, 6) is 0. The molecule has 0 amide bonds. The molecule has 0 aromatic heterocycles. The third-order valence-corrected chi connectivity index (χ3v) is 2.06. The molecule has 0 aliphatic heterocycles. The van der Waals surface area contributed by atoms with Crippen molar-refractivity contribution in [3.63, 3.8) is 0 Å². The summed E-state index contributed by atoms with van der Waals surface area (Å²) in [6, 6.07) is 0. The average molecular weight is 152 g/mol. The van der Waals surface area contributed by atoms with E-state index < -0.39 is 0 Å². The summed E-state index contributed by atoms with van der Waals surface area (Å²) in [5, 5.41) is 0. The van der Waals surface area contributed by atoms with Gasteiger partial charge in [0.15, 0.2) is 0 Å². The number of allylic oxidation sites excluding steroid dienone is 3. The van der Waals surface area contributed by atoms with Crippen LogP contribution < -0.4 is 0 Å². The molecule has 0 aromatic carbocycles. The Morgan fingerprint density at radius 1 is 1.18 bits per heavy atom. The first-order chi connectivity index (χ1) is 5.29. The predicted molar refractivity (Wildman–Crippen MR) is 52.7 cm³/mol. The zero-order valence-corrected chi connectivity index (χ0v) is 8.11. The van der Waals surface area contributed by atoms with E-state index in [9.17, 15) is 0 Å². The highest BCUT2D eigenvalue weighted by atomic mass is 14.0. The van der Waals surface area contributed by atoms with Crippen LogP contribution in [0.4, 0.5) is 0 Å². The fraction of sp³-hybridized carbons (Fsp3) is 0.636. The standard InChI is InChI=1S/C11H20/c1-5-9-11(8-4)10(6-2)7-3/h6H,2,5,7-9H2,1,3-4H3. The molecular weight excluding hydrogens is 132 g/mol. The molecule has 0 N–H and O–H groups in total. The van der Waals surface area contributed by atoms with Crippen LogP contribution in [0.15, 0.2) is 23.8 Å². The van der Waals surface area contributed by atoms with Crippen LogP contribution in [0.1, 0.15) is 46.5 Å². The van der Waals surface area contributed by atoms with Crippen LogP contribution in [0.3, 0.4) is 0 Å². The van der Waals surface area contributed by atoms with E-state index in [1.807, 2.05) is 6.08 Å². The molecule has 0 bridgehead atoms. The first kappa shape index (κ1) is 10.5. The van der Waals surface area contributed by atoms with Crippen molar-refractivity contribution >= 4 is 0 Å². The normalized spacial score (nSPS) is 12.6. The van der Waals surface area contributed by atoms with Gasteiger partial charge in [-0.3, -0.25) is 0 Å². The van der Waals surface area contributed by atoms with Crippen molar-refractivity contribution in [3.05, 3.63) is 23.8 Å². The highest BCUT2D eigenvalue weighted by molar-refractivity contribution is 5.23. The van der Waals surface area contributed by atoms with Gasteiger partial charge < -0.3 is 0 Å². The predicted octanol–water partition coefficient (Wildman–Crippen LogP) is 4.09. The van der Waals surface area contributed by atoms with E-state index in [0.717, 1.165) is 6.42 Å². The van der Waals surface area contributed by atoms with Gasteiger partial charge in [-0.15, -0.1) is 0 Å². The third-order valence-electron chi connectivity index (χ3n) is 2.06. The Kier molecular flexibility index (Phi) is 5.91. The molecular formula is C11H20. The molecule has 0 aliphatic rings. The first-order valence-corrected chi connectivity index (χ1v) is 4.63. The van der Waals surface area contributed by atoms with Crippen molar-refractivity contribution in [3.8, 4) is 0 Å². The quantitative estimate of drug-likeness (QED) is 0.520. The zero-order chi connectivity index (χ0) is 8.69. The molecule has 0 saturated heterocycles. The Bertz CT molecular complexity index is 140. The summed E-state index contributed by atoms with van der Waals surface area (Å²) in [6.45, 7) is 10.5. The third kappa shape index (κ3) is 3.41. The lowest BCUT2D eigenvalue weighted by Gasteiger charge is -2.07. The van der Waals surface area contributed by atoms with E-state index >= 15 is 0 Å². The molecule has 0 radical (unpaired) electrons. The molecule has 0 spiro atoms. The fourth-order valence-corrected chi connectivity index (χ4v) is 1.40. The number of rotatable bonds is 5. The van der Waals surface area contributed by atoms with Crippen LogP contribution in [-0.4, -0.2) is 0 Å². The lowest BCUT2D eigenvalue weighted by molar-refractivity contribution is 0.836. The van der Waals surface area contributed by atoms with Crippen molar-refractivity contribution < 1.29 is 0 Å². The van der Waals surface area contributed by atoms with Gasteiger partial charge in [0.05, 0.1) is 0 Å². The second-order valence-electron chi connectivity index (χ2n) is 2.79. The van der Waals surface area contributed by atoms with Gasteiger partial charge in [0.25, 0.3) is 0 Å². The molecule has 0 heteroatoms. The molecule has 0 saturated carbocycles. The molecule has 0 heterocycles. The van der Waals surface area contributed by atoms with Gasteiger partial charge in [-0.1, -0.05) is 45.4 Å². The first-order valence-electron chi connectivity index (χ1n) is 4.63. The van der Waals surface area contributed by atoms with Gasteiger partial charge in [-0.2, -0.15) is 0 Å². The van der Waals surface area contributed by atoms with Crippen LogP contribution in [0.5, 0.6) is 0 Å². The monoisotopic (exact) mass is 152 g/mol. The highest BCUT2D eigenvalue weighted by Crippen LogP contribution is 2.17. The minimum Gasteiger partial charge on any atom is -0.0988 e. The van der Waals surface area contributed by atoms with Gasteiger partial charge in [0, 0.05) is 0 Å². The zero-order valence-electron chi connectivity index (χ0n) is 8.11. The van der Waals surface area contributed by atoms with Crippen LogP contribution >= 0.6 is 0 Å². The van der Waals surface area contributed by atoms with Crippen molar-refractivity contribution in [1.82, 2.24) is 0 Å². The molecule has 0 aromatic rings. The van der Waals surface area contributed by atoms with Crippen molar-refractivity contribution in [2.45, 2.75) is 46.5 Å². The van der Waals surface area contributed by atoms with E-state index in [0.29, 0.717) is 0 Å². The molecule has 0 rings (SSSR count). The average Bonchev–Trinajstić information content (AvgIpc) is 2.05. The maximum Gasteiger partial charge on any atom is -0.0308 e. The van der Waals surface area contributed by atoms with Gasteiger partial charge in [0.1, 0.15) is 0 Å². The summed E-state index contributed by atoms with van der Waals surface area (Å²) >= 11 is 0. The van der Waals surface area contributed by atoms with Crippen LogP contribution in [-0.2, 0) is 0 Å². The van der Waals surface area contributed by atoms with Gasteiger partial charge >= 0.3 is 0 Å². The maximum absolute atomic E-state index is 3.83. The number of hydrogen-bond acceptors (Lipinski definition) is 0. The molecule has 0 unspecified atom stereocenters. The van der Waals surface area contributed by atoms with Crippen LogP contribution in [0, 0.1) is 0 Å². The second kappa shape index (κ2) is 6.21.